The minimum absolute atomic E-state index is 0.00680. The second kappa shape index (κ2) is 9.97. The molecule has 0 fully saturated rings. The third-order valence-electron chi connectivity index (χ3n) is 8.23. The number of hydrogen-bond donors (Lipinski definition) is 0. The van der Waals surface area contributed by atoms with Crippen molar-refractivity contribution in [3.63, 3.8) is 0 Å². The highest BCUT2D eigenvalue weighted by Crippen LogP contribution is 2.42. The zero-order chi connectivity index (χ0) is 40.3. The SMILES string of the molecule is [2H]c1c([2H])c([2H])c(Cc2c3c([2H])c([2H])c([2H])c([2H])c3c(-c3ccc4cc(-c5cccc6oc7ccccc7c56)ccc4c3)c3c([2H])c([2H])c([2H])c([2H])c23)c([2H])c1[2H]. The first-order chi connectivity index (χ1) is 27.2. The molecule has 1 heteroatoms. The average molecular weight is 574 g/mol. The predicted molar refractivity (Wildman–Crippen MR) is 186 cm³/mol. The van der Waals surface area contributed by atoms with Crippen LogP contribution in [0, 0.1) is 0 Å². The van der Waals surface area contributed by atoms with Crippen molar-refractivity contribution in [1.29, 1.82) is 0 Å². The molecule has 0 N–H and O–H groups in total. The lowest BCUT2D eigenvalue weighted by Gasteiger charge is -2.18. The Morgan fingerprint density at radius 2 is 1.11 bits per heavy atom. The van der Waals surface area contributed by atoms with E-state index in [2.05, 4.69) is 0 Å². The Bertz CT molecular complexity index is 3150. The van der Waals surface area contributed by atoms with E-state index < -0.39 is 85.0 Å². The van der Waals surface area contributed by atoms with Crippen LogP contribution in [-0.4, -0.2) is 0 Å². The van der Waals surface area contributed by atoms with Crippen LogP contribution in [0.15, 0.2) is 162 Å². The van der Waals surface area contributed by atoms with E-state index in [1.807, 2.05) is 72.8 Å². The van der Waals surface area contributed by atoms with Gasteiger partial charge in [0.1, 0.15) is 11.2 Å². The van der Waals surface area contributed by atoms with Gasteiger partial charge in [-0.3, -0.25) is 0 Å². The fraction of sp³-hybridized carbons (Fsp3) is 0.0233. The van der Waals surface area contributed by atoms with Gasteiger partial charge in [0.15, 0.2) is 0 Å². The van der Waals surface area contributed by atoms with E-state index >= 15 is 0 Å². The van der Waals surface area contributed by atoms with Gasteiger partial charge in [-0.25, -0.2) is 0 Å². The molecule has 0 aliphatic heterocycles. The standard InChI is InChI=1S/C43H28O/c1-2-11-28(12-3-1)25-39-34-13-4-6-15-36(34)42(37-16-7-5-14-35(37)39)32-24-22-29-26-31(23-21-30(29)27-32)33-18-10-20-41-43(33)38-17-8-9-19-40(38)44-41/h1-24,26-27H,25H2/i1D,2D,3D,4D,5D,6D,7D,11D,12D,13D,14D,15D,16D. The lowest BCUT2D eigenvalue weighted by Crippen LogP contribution is -1.95. The first kappa shape index (κ1) is 15.2. The average Bonchev–Trinajstić information content (AvgIpc) is 3.61. The Kier molecular flexibility index (Phi) is 3.44. The van der Waals surface area contributed by atoms with E-state index in [-0.39, 0.29) is 38.2 Å². The highest BCUT2D eigenvalue weighted by atomic mass is 16.3. The van der Waals surface area contributed by atoms with Crippen LogP contribution >= 0.6 is 0 Å². The van der Waals surface area contributed by atoms with Crippen molar-refractivity contribution in [2.75, 3.05) is 0 Å². The third kappa shape index (κ3) is 3.94. The number of hydrogen-bond acceptors (Lipinski definition) is 1. The molecule has 0 saturated heterocycles. The molecule has 9 rings (SSSR count). The van der Waals surface area contributed by atoms with Crippen molar-refractivity contribution in [3.05, 3.63) is 169 Å². The number of furan rings is 1. The van der Waals surface area contributed by atoms with E-state index in [9.17, 15) is 2.74 Å². The topological polar surface area (TPSA) is 13.1 Å². The molecular weight excluding hydrogens is 532 g/mol. The minimum Gasteiger partial charge on any atom is -0.456 e. The molecule has 44 heavy (non-hydrogen) atoms. The van der Waals surface area contributed by atoms with Crippen LogP contribution in [-0.2, 0) is 6.42 Å². The molecule has 1 aromatic heterocycles. The summed E-state index contributed by atoms with van der Waals surface area (Å²) in [7, 11) is 0. The molecule has 206 valence electrons. The van der Waals surface area contributed by atoms with Gasteiger partial charge in [0.05, 0.1) is 17.8 Å². The van der Waals surface area contributed by atoms with E-state index in [1.54, 1.807) is 6.07 Å². The molecule has 0 spiro atoms. The first-order valence-electron chi connectivity index (χ1n) is 20.7. The van der Waals surface area contributed by atoms with E-state index in [0.29, 0.717) is 5.56 Å². The van der Waals surface area contributed by atoms with Gasteiger partial charge >= 0.3 is 0 Å². The van der Waals surface area contributed by atoms with Gasteiger partial charge in [0, 0.05) is 10.8 Å². The van der Waals surface area contributed by atoms with Crippen molar-refractivity contribution in [2.24, 2.45) is 0 Å². The Morgan fingerprint density at radius 3 is 1.86 bits per heavy atom. The summed E-state index contributed by atoms with van der Waals surface area (Å²) in [5.41, 5.74) is 3.84. The molecule has 0 bridgehead atoms. The van der Waals surface area contributed by atoms with Crippen molar-refractivity contribution >= 4 is 54.3 Å². The van der Waals surface area contributed by atoms with Gasteiger partial charge in [-0.2, -0.15) is 0 Å². The lowest BCUT2D eigenvalue weighted by atomic mass is 9.86. The molecule has 1 nitrogen and oxygen atoms in total. The maximum atomic E-state index is 9.22. The Morgan fingerprint density at radius 1 is 0.500 bits per heavy atom. The fourth-order valence-corrected chi connectivity index (χ4v) is 6.29. The largest absolute Gasteiger partial charge is 0.456 e. The molecular formula is C43H28O. The fourth-order valence-electron chi connectivity index (χ4n) is 6.29. The van der Waals surface area contributed by atoms with Crippen LogP contribution < -0.4 is 0 Å². The first-order valence-corrected chi connectivity index (χ1v) is 14.2. The number of para-hydroxylation sites is 1. The second-order valence-electron chi connectivity index (χ2n) is 10.7. The highest BCUT2D eigenvalue weighted by Gasteiger charge is 2.17. The molecule has 1 heterocycles. The third-order valence-corrected chi connectivity index (χ3v) is 8.23. The molecule has 0 atom stereocenters. The molecule has 0 aliphatic rings. The summed E-state index contributed by atoms with van der Waals surface area (Å²) < 4.78 is 120. The quantitative estimate of drug-likeness (QED) is 0.191. The smallest absolute Gasteiger partial charge is 0.136 e. The van der Waals surface area contributed by atoms with Crippen molar-refractivity contribution < 1.29 is 22.2 Å². The van der Waals surface area contributed by atoms with Crippen LogP contribution in [0.4, 0.5) is 0 Å². The molecule has 9 aromatic rings. The van der Waals surface area contributed by atoms with E-state index in [0.717, 1.165) is 43.8 Å². The summed E-state index contributed by atoms with van der Waals surface area (Å²) in [4.78, 5) is 0. The van der Waals surface area contributed by atoms with Gasteiger partial charge in [0.25, 0.3) is 0 Å². The number of fused-ring (bicyclic) bond motifs is 6. The normalized spacial score (nSPS) is 15.9. The molecule has 0 amide bonds. The van der Waals surface area contributed by atoms with Crippen LogP contribution in [0.1, 0.15) is 28.9 Å². The van der Waals surface area contributed by atoms with E-state index in [4.69, 9.17) is 19.5 Å². The van der Waals surface area contributed by atoms with Gasteiger partial charge in [-0.1, -0.05) is 133 Å². The predicted octanol–water partition coefficient (Wildman–Crippen LogP) is 12.0. The van der Waals surface area contributed by atoms with Gasteiger partial charge in [-0.05, 0) is 96.4 Å². The molecule has 0 aliphatic carbocycles. The highest BCUT2D eigenvalue weighted by molar-refractivity contribution is 6.16. The maximum Gasteiger partial charge on any atom is 0.136 e. The zero-order valence-electron chi connectivity index (χ0n) is 36.1. The van der Waals surface area contributed by atoms with Crippen LogP contribution in [0.5, 0.6) is 0 Å². The molecule has 0 unspecified atom stereocenters. The molecule has 8 aromatic carbocycles. The van der Waals surface area contributed by atoms with Crippen molar-refractivity contribution in [2.45, 2.75) is 6.42 Å². The van der Waals surface area contributed by atoms with Crippen molar-refractivity contribution in [3.8, 4) is 22.3 Å². The maximum absolute atomic E-state index is 9.22. The summed E-state index contributed by atoms with van der Waals surface area (Å²) in [5, 5.41) is 3.39. The monoisotopic (exact) mass is 573 g/mol. The number of benzene rings is 8. The zero-order valence-corrected chi connectivity index (χ0v) is 23.1. The Balaban J connectivity index is 1.36. The summed E-state index contributed by atoms with van der Waals surface area (Å²) in [6.45, 7) is 0. The number of rotatable bonds is 4. The van der Waals surface area contributed by atoms with E-state index in [1.165, 1.54) is 0 Å². The van der Waals surface area contributed by atoms with Gasteiger partial charge in [0.2, 0.25) is 0 Å². The van der Waals surface area contributed by atoms with Crippen molar-refractivity contribution in [1.82, 2.24) is 0 Å². The van der Waals surface area contributed by atoms with Crippen LogP contribution in [0.3, 0.4) is 0 Å². The Hall–Kier alpha value is -5.66. The van der Waals surface area contributed by atoms with Crippen LogP contribution in [0.2, 0.25) is 0 Å². The van der Waals surface area contributed by atoms with Crippen LogP contribution in [0.25, 0.3) is 76.5 Å². The molecule has 0 saturated carbocycles. The lowest BCUT2D eigenvalue weighted by molar-refractivity contribution is 0.669. The molecule has 0 radical (unpaired) electrons. The summed E-state index contributed by atoms with van der Waals surface area (Å²) in [6, 6.07) is 18.0. The Labute approximate surface area is 273 Å². The van der Waals surface area contributed by atoms with Gasteiger partial charge in [-0.15, -0.1) is 0 Å². The summed E-state index contributed by atoms with van der Waals surface area (Å²) in [6.07, 6.45) is -0.480. The van der Waals surface area contributed by atoms with Gasteiger partial charge < -0.3 is 4.42 Å². The summed E-state index contributed by atoms with van der Waals surface area (Å²) in [5.74, 6) is 0. The second-order valence-corrected chi connectivity index (χ2v) is 10.7. The minimum atomic E-state index is -0.613. The summed E-state index contributed by atoms with van der Waals surface area (Å²) >= 11 is 0.